The quantitative estimate of drug-likeness (QED) is 0.287. The molecule has 0 saturated carbocycles. The van der Waals surface area contributed by atoms with E-state index in [0.29, 0.717) is 12.1 Å². The standard InChI is InChI=1S/C12H8F7NO6S/c1-25-9(21)5-26-8-3-2-6(4-7(8)20(22)23)27(24)12(18,19)10(13,14)11(15,16)17/h2-4H,5H2,1H3. The molecule has 1 atom stereocenters. The number of hydrogen-bond donors (Lipinski definition) is 0. The van der Waals surface area contributed by atoms with Gasteiger partial charge in [-0.05, 0) is 12.1 Å². The van der Waals surface area contributed by atoms with Crippen LogP contribution < -0.4 is 4.74 Å². The van der Waals surface area contributed by atoms with Crippen LogP contribution in [0.15, 0.2) is 23.1 Å². The van der Waals surface area contributed by atoms with Crippen molar-refractivity contribution < 1.29 is 54.1 Å². The molecule has 152 valence electrons. The molecule has 1 aromatic carbocycles. The number of carbonyl (C=O) groups excluding carboxylic acids is 1. The normalized spacial score (nSPS) is 13.8. The van der Waals surface area contributed by atoms with Gasteiger partial charge in [-0.25, -0.2) is 9.00 Å². The highest BCUT2D eigenvalue weighted by molar-refractivity contribution is 7.86. The first-order valence-corrected chi connectivity index (χ1v) is 7.54. The minimum Gasteiger partial charge on any atom is -0.475 e. The largest absolute Gasteiger partial charge is 0.475 e. The lowest BCUT2D eigenvalue weighted by atomic mass is 10.3. The monoisotopic (exact) mass is 427 g/mol. The van der Waals surface area contributed by atoms with Gasteiger partial charge in [-0.3, -0.25) is 10.1 Å². The summed E-state index contributed by atoms with van der Waals surface area (Å²) in [6.45, 7) is -0.859. The predicted molar refractivity (Wildman–Crippen MR) is 73.0 cm³/mol. The van der Waals surface area contributed by atoms with E-state index in [-0.39, 0.29) is 6.07 Å². The maximum atomic E-state index is 13.5. The zero-order valence-corrected chi connectivity index (χ0v) is 13.7. The molecule has 0 aliphatic rings. The van der Waals surface area contributed by atoms with E-state index in [0.717, 1.165) is 7.11 Å². The van der Waals surface area contributed by atoms with Crippen LogP contribution in [0.3, 0.4) is 0 Å². The number of carbonyl (C=O) groups is 1. The van der Waals surface area contributed by atoms with E-state index in [1.165, 1.54) is 0 Å². The number of esters is 1. The number of nitro groups is 1. The molecular weight excluding hydrogens is 419 g/mol. The molecule has 0 amide bonds. The molecule has 1 rings (SSSR count). The molecule has 7 nitrogen and oxygen atoms in total. The molecule has 0 aliphatic carbocycles. The Bertz CT molecular complexity index is 767. The van der Waals surface area contributed by atoms with Crippen molar-refractivity contribution in [3.63, 3.8) is 0 Å². The zero-order chi connectivity index (χ0) is 21.2. The summed E-state index contributed by atoms with van der Waals surface area (Å²) >= 11 is 0. The Morgan fingerprint density at radius 2 is 1.74 bits per heavy atom. The van der Waals surface area contributed by atoms with Gasteiger partial charge in [-0.2, -0.15) is 30.7 Å². The first-order valence-electron chi connectivity index (χ1n) is 6.39. The molecular formula is C12H8F7NO6S. The zero-order valence-electron chi connectivity index (χ0n) is 12.9. The fourth-order valence-corrected chi connectivity index (χ4v) is 2.56. The second kappa shape index (κ2) is 7.66. The van der Waals surface area contributed by atoms with Crippen molar-refractivity contribution in [3.8, 4) is 5.75 Å². The molecule has 15 heteroatoms. The summed E-state index contributed by atoms with van der Waals surface area (Å²) in [4.78, 5) is 19.2. The van der Waals surface area contributed by atoms with Gasteiger partial charge in [0.05, 0.1) is 16.9 Å². The van der Waals surface area contributed by atoms with Gasteiger partial charge in [0.1, 0.15) is 10.8 Å². The van der Waals surface area contributed by atoms with Crippen LogP contribution in [0.5, 0.6) is 5.75 Å². The number of alkyl halides is 7. The fourth-order valence-electron chi connectivity index (χ4n) is 1.50. The number of benzene rings is 1. The number of halogens is 7. The lowest BCUT2D eigenvalue weighted by Gasteiger charge is -2.27. The number of ether oxygens (including phenoxy) is 2. The first kappa shape index (κ1) is 22.6. The molecule has 0 aliphatic heterocycles. The second-order valence-electron chi connectivity index (χ2n) is 4.61. The Balaban J connectivity index is 3.31. The SMILES string of the molecule is COC(=O)COc1ccc(S(=O)C(F)(F)C(F)(F)C(F)(F)F)cc1[N+](=O)[O-]. The lowest BCUT2D eigenvalue weighted by molar-refractivity contribution is -0.386. The number of nitrogens with zero attached hydrogens (tertiary/aromatic N) is 1. The van der Waals surface area contributed by atoms with Crippen LogP contribution in [0.2, 0.25) is 0 Å². The van der Waals surface area contributed by atoms with E-state index in [1.807, 2.05) is 0 Å². The Kier molecular flexibility index (Phi) is 6.41. The number of nitro benzene ring substituents is 1. The molecule has 0 heterocycles. The van der Waals surface area contributed by atoms with Gasteiger partial charge in [0.25, 0.3) is 0 Å². The molecule has 0 N–H and O–H groups in total. The van der Waals surface area contributed by atoms with Gasteiger partial charge in [0.2, 0.25) is 0 Å². The summed E-state index contributed by atoms with van der Waals surface area (Å²) in [6, 6.07) is 0.940. The first-order chi connectivity index (χ1) is 12.2. The maximum absolute atomic E-state index is 13.5. The van der Waals surface area contributed by atoms with E-state index in [2.05, 4.69) is 9.47 Å². The predicted octanol–water partition coefficient (Wildman–Crippen LogP) is 3.04. The van der Waals surface area contributed by atoms with Crippen LogP contribution in [-0.4, -0.2) is 46.2 Å². The summed E-state index contributed by atoms with van der Waals surface area (Å²) in [7, 11) is -3.36. The second-order valence-corrected chi connectivity index (χ2v) is 6.13. The molecule has 27 heavy (non-hydrogen) atoms. The van der Waals surface area contributed by atoms with Crippen molar-refractivity contribution in [1.82, 2.24) is 0 Å². The Morgan fingerprint density at radius 1 is 1.19 bits per heavy atom. The molecule has 1 unspecified atom stereocenters. The van der Waals surface area contributed by atoms with E-state index < -0.39 is 62.0 Å². The summed E-state index contributed by atoms with van der Waals surface area (Å²) < 4.78 is 110. The van der Waals surface area contributed by atoms with Crippen LogP contribution in [-0.2, 0) is 20.3 Å². The average Bonchev–Trinajstić information content (AvgIpc) is 2.57. The molecule has 0 saturated heterocycles. The highest BCUT2D eigenvalue weighted by Gasteiger charge is 2.76. The topological polar surface area (TPSA) is 95.7 Å². The summed E-state index contributed by atoms with van der Waals surface area (Å²) in [5.74, 6) is -8.38. The van der Waals surface area contributed by atoms with Crippen molar-refractivity contribution in [2.24, 2.45) is 0 Å². The summed E-state index contributed by atoms with van der Waals surface area (Å²) in [5, 5.41) is 4.79. The minimum atomic E-state index is -6.72. The molecule has 0 fully saturated rings. The smallest absolute Gasteiger partial charge is 0.461 e. The van der Waals surface area contributed by atoms with Crippen molar-refractivity contribution in [2.75, 3.05) is 13.7 Å². The van der Waals surface area contributed by atoms with Gasteiger partial charge < -0.3 is 9.47 Å². The van der Waals surface area contributed by atoms with E-state index in [4.69, 9.17) is 0 Å². The molecule has 0 bridgehead atoms. The average molecular weight is 427 g/mol. The summed E-state index contributed by atoms with van der Waals surface area (Å²) in [5.41, 5.74) is -1.20. The van der Waals surface area contributed by atoms with Gasteiger partial charge in [0, 0.05) is 6.07 Å². The maximum Gasteiger partial charge on any atom is 0.461 e. The van der Waals surface area contributed by atoms with E-state index in [1.54, 1.807) is 0 Å². The number of methoxy groups -OCH3 is 1. The van der Waals surface area contributed by atoms with Crippen molar-refractivity contribution >= 4 is 22.5 Å². The van der Waals surface area contributed by atoms with Gasteiger partial charge in [-0.15, -0.1) is 0 Å². The van der Waals surface area contributed by atoms with Crippen LogP contribution in [0.1, 0.15) is 0 Å². The Hall–Kier alpha value is -2.45. The van der Waals surface area contributed by atoms with Gasteiger partial charge in [0.15, 0.2) is 12.4 Å². The van der Waals surface area contributed by atoms with Gasteiger partial charge >= 0.3 is 29.0 Å². The fraction of sp³-hybridized carbons (Fsp3) is 0.417. The van der Waals surface area contributed by atoms with Crippen molar-refractivity contribution in [3.05, 3.63) is 28.3 Å². The lowest BCUT2D eigenvalue weighted by Crippen LogP contribution is -2.54. The Morgan fingerprint density at radius 3 is 2.19 bits per heavy atom. The van der Waals surface area contributed by atoms with Crippen LogP contribution >= 0.6 is 0 Å². The van der Waals surface area contributed by atoms with Crippen LogP contribution in [0.25, 0.3) is 0 Å². The third-order valence-electron chi connectivity index (χ3n) is 2.87. The molecule has 0 spiro atoms. The third kappa shape index (κ3) is 4.45. The number of hydrogen-bond acceptors (Lipinski definition) is 6. The third-order valence-corrected chi connectivity index (χ3v) is 4.27. The van der Waals surface area contributed by atoms with Crippen molar-refractivity contribution in [2.45, 2.75) is 22.2 Å². The van der Waals surface area contributed by atoms with E-state index >= 15 is 0 Å². The van der Waals surface area contributed by atoms with Gasteiger partial charge in [-0.1, -0.05) is 0 Å². The van der Waals surface area contributed by atoms with Crippen LogP contribution in [0.4, 0.5) is 36.4 Å². The highest BCUT2D eigenvalue weighted by Crippen LogP contribution is 2.49. The summed E-state index contributed by atoms with van der Waals surface area (Å²) in [6.07, 6.45) is -6.72. The molecule has 1 aromatic rings. The number of rotatable bonds is 7. The van der Waals surface area contributed by atoms with Crippen LogP contribution in [0, 0.1) is 10.1 Å². The van der Waals surface area contributed by atoms with Crippen molar-refractivity contribution in [1.29, 1.82) is 0 Å². The van der Waals surface area contributed by atoms with E-state index in [9.17, 15) is 49.9 Å². The highest BCUT2D eigenvalue weighted by atomic mass is 32.2. The minimum absolute atomic E-state index is 0.0725. The molecule has 0 radical (unpaired) electrons. The Labute approximate surface area is 147 Å². The molecule has 0 aromatic heterocycles.